The Bertz CT molecular complexity index is 493. The van der Waals surface area contributed by atoms with E-state index in [2.05, 4.69) is 10.6 Å². The Kier molecular flexibility index (Phi) is 3.92. The number of anilines is 1. The SMILES string of the molecule is C/C(=C\NC(=O)Nc1ccc(Cl)cc1C)C1CC1. The molecule has 0 radical (unpaired) electrons. The molecule has 1 saturated carbocycles. The lowest BCUT2D eigenvalue weighted by Gasteiger charge is -2.08. The quantitative estimate of drug-likeness (QED) is 0.848. The van der Waals surface area contributed by atoms with Crippen LogP contribution in [0.15, 0.2) is 30.0 Å². The second-order valence-corrected chi connectivity index (χ2v) is 5.16. The smallest absolute Gasteiger partial charge is 0.314 e. The first-order chi connectivity index (χ1) is 8.56. The minimum atomic E-state index is -0.222. The number of aryl methyl sites for hydroxylation is 1. The fourth-order valence-electron chi connectivity index (χ4n) is 1.76. The van der Waals surface area contributed by atoms with Crippen molar-refractivity contribution in [2.75, 3.05) is 5.32 Å². The Labute approximate surface area is 112 Å². The van der Waals surface area contributed by atoms with Crippen LogP contribution in [0.25, 0.3) is 0 Å². The van der Waals surface area contributed by atoms with Crippen molar-refractivity contribution in [1.29, 1.82) is 0 Å². The zero-order chi connectivity index (χ0) is 13.1. The van der Waals surface area contributed by atoms with Crippen molar-refractivity contribution >= 4 is 23.3 Å². The molecule has 2 rings (SSSR count). The van der Waals surface area contributed by atoms with Gasteiger partial charge in [-0.15, -0.1) is 0 Å². The molecule has 0 spiro atoms. The van der Waals surface area contributed by atoms with E-state index in [-0.39, 0.29) is 6.03 Å². The monoisotopic (exact) mass is 264 g/mol. The molecule has 2 amide bonds. The number of rotatable bonds is 3. The predicted molar refractivity (Wildman–Crippen MR) is 74.8 cm³/mol. The first-order valence-electron chi connectivity index (χ1n) is 6.06. The van der Waals surface area contributed by atoms with Crippen LogP contribution in [0.1, 0.15) is 25.3 Å². The molecule has 1 aliphatic carbocycles. The molecule has 1 aromatic rings. The lowest BCUT2D eigenvalue weighted by Crippen LogP contribution is -2.24. The molecule has 0 atom stereocenters. The van der Waals surface area contributed by atoms with Gasteiger partial charge in [-0.1, -0.05) is 17.2 Å². The van der Waals surface area contributed by atoms with Crippen LogP contribution < -0.4 is 10.6 Å². The molecule has 0 bridgehead atoms. The summed E-state index contributed by atoms with van der Waals surface area (Å²) in [6.07, 6.45) is 4.27. The van der Waals surface area contributed by atoms with E-state index in [0.29, 0.717) is 10.9 Å². The van der Waals surface area contributed by atoms with E-state index in [9.17, 15) is 4.79 Å². The Morgan fingerprint density at radius 3 is 2.78 bits per heavy atom. The minimum absolute atomic E-state index is 0.222. The summed E-state index contributed by atoms with van der Waals surface area (Å²) >= 11 is 5.86. The number of urea groups is 1. The number of benzene rings is 1. The molecule has 18 heavy (non-hydrogen) atoms. The van der Waals surface area contributed by atoms with Crippen LogP contribution in [-0.2, 0) is 0 Å². The van der Waals surface area contributed by atoms with Gasteiger partial charge >= 0.3 is 6.03 Å². The van der Waals surface area contributed by atoms with Crippen LogP contribution in [0.5, 0.6) is 0 Å². The molecule has 0 unspecified atom stereocenters. The number of amides is 2. The fourth-order valence-corrected chi connectivity index (χ4v) is 1.99. The Hall–Kier alpha value is -1.48. The maximum atomic E-state index is 11.7. The van der Waals surface area contributed by atoms with Crippen molar-refractivity contribution in [3.63, 3.8) is 0 Å². The van der Waals surface area contributed by atoms with Gasteiger partial charge in [0.05, 0.1) is 0 Å². The fraction of sp³-hybridized carbons (Fsp3) is 0.357. The molecule has 3 nitrogen and oxygen atoms in total. The average Bonchev–Trinajstić information content (AvgIpc) is 3.14. The number of hydrogen-bond donors (Lipinski definition) is 2. The summed E-state index contributed by atoms with van der Waals surface area (Å²) in [5.41, 5.74) is 2.95. The van der Waals surface area contributed by atoms with Gasteiger partial charge in [-0.2, -0.15) is 0 Å². The first-order valence-corrected chi connectivity index (χ1v) is 6.44. The Morgan fingerprint density at radius 1 is 1.44 bits per heavy atom. The van der Waals surface area contributed by atoms with E-state index >= 15 is 0 Å². The summed E-state index contributed by atoms with van der Waals surface area (Å²) in [6.45, 7) is 3.96. The van der Waals surface area contributed by atoms with Crippen molar-refractivity contribution in [2.24, 2.45) is 5.92 Å². The molecular weight excluding hydrogens is 248 g/mol. The summed E-state index contributed by atoms with van der Waals surface area (Å²) < 4.78 is 0. The highest BCUT2D eigenvalue weighted by atomic mass is 35.5. The summed E-state index contributed by atoms with van der Waals surface area (Å²) in [6, 6.07) is 5.16. The zero-order valence-electron chi connectivity index (χ0n) is 10.6. The molecule has 1 aliphatic rings. The van der Waals surface area contributed by atoms with Crippen molar-refractivity contribution < 1.29 is 4.79 Å². The molecule has 0 heterocycles. The van der Waals surface area contributed by atoms with E-state index in [1.807, 2.05) is 19.9 Å². The number of allylic oxidation sites excluding steroid dienone is 1. The van der Waals surface area contributed by atoms with Crippen LogP contribution in [-0.4, -0.2) is 6.03 Å². The van der Waals surface area contributed by atoms with E-state index < -0.39 is 0 Å². The highest BCUT2D eigenvalue weighted by Gasteiger charge is 2.22. The summed E-state index contributed by atoms with van der Waals surface area (Å²) in [4.78, 5) is 11.7. The van der Waals surface area contributed by atoms with Crippen molar-refractivity contribution in [2.45, 2.75) is 26.7 Å². The molecule has 0 saturated heterocycles. The number of carbonyl (C=O) groups excluding carboxylic acids is 1. The number of nitrogens with one attached hydrogen (secondary N) is 2. The molecule has 0 aromatic heterocycles. The summed E-state index contributed by atoms with van der Waals surface area (Å²) in [5.74, 6) is 0.669. The second kappa shape index (κ2) is 5.44. The van der Waals surface area contributed by atoms with Gasteiger partial charge in [0.2, 0.25) is 0 Å². The van der Waals surface area contributed by atoms with E-state index in [1.54, 1.807) is 18.3 Å². The largest absolute Gasteiger partial charge is 0.323 e. The Balaban J connectivity index is 1.92. The molecular formula is C14H17ClN2O. The third kappa shape index (κ3) is 3.50. The van der Waals surface area contributed by atoms with Gasteiger partial charge in [0.25, 0.3) is 0 Å². The highest BCUT2D eigenvalue weighted by molar-refractivity contribution is 6.30. The van der Waals surface area contributed by atoms with Gasteiger partial charge < -0.3 is 10.6 Å². The normalized spacial score (nSPS) is 15.4. The van der Waals surface area contributed by atoms with E-state index in [4.69, 9.17) is 11.6 Å². The van der Waals surface area contributed by atoms with Gasteiger partial charge in [0, 0.05) is 16.9 Å². The van der Waals surface area contributed by atoms with Crippen LogP contribution in [0.2, 0.25) is 5.02 Å². The molecule has 1 aromatic carbocycles. The van der Waals surface area contributed by atoms with E-state index in [1.165, 1.54) is 18.4 Å². The molecule has 96 valence electrons. The van der Waals surface area contributed by atoms with Crippen LogP contribution >= 0.6 is 11.6 Å². The average molecular weight is 265 g/mol. The lowest BCUT2D eigenvalue weighted by atomic mass is 10.2. The van der Waals surface area contributed by atoms with Crippen molar-refractivity contribution in [3.8, 4) is 0 Å². The molecule has 1 fully saturated rings. The lowest BCUT2D eigenvalue weighted by molar-refractivity contribution is 0.255. The third-order valence-corrected chi connectivity index (χ3v) is 3.32. The van der Waals surface area contributed by atoms with Crippen molar-refractivity contribution in [1.82, 2.24) is 5.32 Å². The first kappa shape index (κ1) is 13.0. The number of carbonyl (C=O) groups is 1. The van der Waals surface area contributed by atoms with Crippen LogP contribution in [0, 0.1) is 12.8 Å². The Morgan fingerprint density at radius 2 is 2.17 bits per heavy atom. The standard InChI is InChI=1S/C14H17ClN2O/c1-9-7-12(15)5-6-13(9)17-14(18)16-8-10(2)11-3-4-11/h5-8,11H,3-4H2,1-2H3,(H2,16,17,18)/b10-8+. The van der Waals surface area contributed by atoms with E-state index in [0.717, 1.165) is 11.3 Å². The van der Waals surface area contributed by atoms with Crippen LogP contribution in [0.4, 0.5) is 10.5 Å². The summed E-state index contributed by atoms with van der Waals surface area (Å²) in [7, 11) is 0. The zero-order valence-corrected chi connectivity index (χ0v) is 11.3. The molecule has 2 N–H and O–H groups in total. The topological polar surface area (TPSA) is 41.1 Å². The highest BCUT2D eigenvalue weighted by Crippen LogP contribution is 2.35. The second-order valence-electron chi connectivity index (χ2n) is 4.72. The van der Waals surface area contributed by atoms with Gasteiger partial charge in [0.1, 0.15) is 0 Å². The predicted octanol–water partition coefficient (Wildman–Crippen LogP) is 4.08. The number of halogens is 1. The number of hydrogen-bond acceptors (Lipinski definition) is 1. The van der Waals surface area contributed by atoms with Gasteiger partial charge in [0.15, 0.2) is 0 Å². The van der Waals surface area contributed by atoms with Gasteiger partial charge in [-0.05, 0) is 56.4 Å². The van der Waals surface area contributed by atoms with Crippen LogP contribution in [0.3, 0.4) is 0 Å². The minimum Gasteiger partial charge on any atom is -0.314 e. The maximum Gasteiger partial charge on any atom is 0.323 e. The molecule has 4 heteroatoms. The summed E-state index contributed by atoms with van der Waals surface area (Å²) in [5, 5.41) is 6.22. The van der Waals surface area contributed by atoms with Gasteiger partial charge in [-0.3, -0.25) is 0 Å². The van der Waals surface area contributed by atoms with Gasteiger partial charge in [-0.25, -0.2) is 4.79 Å². The third-order valence-electron chi connectivity index (χ3n) is 3.09. The maximum absolute atomic E-state index is 11.7. The molecule has 0 aliphatic heterocycles. The van der Waals surface area contributed by atoms with Crippen molar-refractivity contribution in [3.05, 3.63) is 40.6 Å².